The summed E-state index contributed by atoms with van der Waals surface area (Å²) in [5, 5.41) is 14.0. The van der Waals surface area contributed by atoms with Crippen LogP contribution >= 0.6 is 0 Å². The zero-order chi connectivity index (χ0) is 17.6. The quantitative estimate of drug-likeness (QED) is 0.747. The van der Waals surface area contributed by atoms with Gasteiger partial charge in [0.05, 0.1) is 18.3 Å². The number of hydrogen-bond donors (Lipinski definition) is 1. The second-order valence-corrected chi connectivity index (χ2v) is 5.50. The van der Waals surface area contributed by atoms with Crippen LogP contribution in [-0.4, -0.2) is 32.7 Å². The summed E-state index contributed by atoms with van der Waals surface area (Å²) in [6.45, 7) is 4.52. The van der Waals surface area contributed by atoms with Crippen molar-refractivity contribution < 1.29 is 9.53 Å². The zero-order valence-electron chi connectivity index (χ0n) is 14.1. The van der Waals surface area contributed by atoms with Gasteiger partial charge in [0.1, 0.15) is 12.1 Å². The first-order valence-corrected chi connectivity index (χ1v) is 8.04. The molecule has 7 nitrogen and oxygen atoms in total. The van der Waals surface area contributed by atoms with Gasteiger partial charge in [0.2, 0.25) is 0 Å². The molecule has 2 aromatic carbocycles. The minimum Gasteiger partial charge on any atom is -0.494 e. The first-order valence-electron chi connectivity index (χ1n) is 8.04. The molecule has 128 valence electrons. The summed E-state index contributed by atoms with van der Waals surface area (Å²) in [5.74, 6) is 0.688. The van der Waals surface area contributed by atoms with E-state index in [-0.39, 0.29) is 11.9 Å². The fourth-order valence-corrected chi connectivity index (χ4v) is 2.43. The number of amides is 1. The highest BCUT2D eigenvalue weighted by Gasteiger charge is 2.12. The lowest BCUT2D eigenvalue weighted by molar-refractivity contribution is 0.0940. The van der Waals surface area contributed by atoms with Crippen molar-refractivity contribution in [3.05, 3.63) is 66.0 Å². The molecule has 0 radical (unpaired) electrons. The lowest BCUT2D eigenvalue weighted by Gasteiger charge is -2.15. The number of hydrogen-bond acceptors (Lipinski definition) is 5. The van der Waals surface area contributed by atoms with E-state index in [0.717, 1.165) is 17.0 Å². The van der Waals surface area contributed by atoms with Crippen LogP contribution in [0, 0.1) is 0 Å². The van der Waals surface area contributed by atoms with Crippen LogP contribution in [0.2, 0.25) is 0 Å². The molecule has 0 bridgehead atoms. The molecular weight excluding hydrogens is 318 g/mol. The Bertz CT molecular complexity index is 814. The summed E-state index contributed by atoms with van der Waals surface area (Å²) in [6.07, 6.45) is 1.50. The second kappa shape index (κ2) is 7.57. The Kier molecular flexibility index (Phi) is 5.03. The van der Waals surface area contributed by atoms with E-state index < -0.39 is 0 Å². The van der Waals surface area contributed by atoms with Crippen molar-refractivity contribution in [1.29, 1.82) is 0 Å². The van der Waals surface area contributed by atoms with Crippen LogP contribution in [0.25, 0.3) is 5.69 Å². The van der Waals surface area contributed by atoms with Crippen LogP contribution in [0.4, 0.5) is 0 Å². The van der Waals surface area contributed by atoms with Crippen LogP contribution in [0.15, 0.2) is 54.9 Å². The van der Waals surface area contributed by atoms with Crippen molar-refractivity contribution in [3.63, 3.8) is 0 Å². The summed E-state index contributed by atoms with van der Waals surface area (Å²) >= 11 is 0. The van der Waals surface area contributed by atoms with Gasteiger partial charge in [0, 0.05) is 5.56 Å². The predicted octanol–water partition coefficient (Wildman–Crippen LogP) is 2.55. The normalized spacial score (nSPS) is 11.8. The third kappa shape index (κ3) is 4.00. The highest BCUT2D eigenvalue weighted by Crippen LogP contribution is 2.18. The number of nitrogens with one attached hydrogen (secondary N) is 1. The Morgan fingerprint density at radius 2 is 1.88 bits per heavy atom. The molecule has 0 aliphatic heterocycles. The topological polar surface area (TPSA) is 81.9 Å². The maximum Gasteiger partial charge on any atom is 0.251 e. The fraction of sp³-hybridized carbons (Fsp3) is 0.222. The van der Waals surface area contributed by atoms with E-state index in [1.165, 1.54) is 11.0 Å². The van der Waals surface area contributed by atoms with E-state index in [9.17, 15) is 4.79 Å². The number of rotatable bonds is 6. The van der Waals surface area contributed by atoms with E-state index in [1.54, 1.807) is 24.3 Å². The van der Waals surface area contributed by atoms with Crippen LogP contribution in [0.3, 0.4) is 0 Å². The Morgan fingerprint density at radius 3 is 2.48 bits per heavy atom. The maximum atomic E-state index is 12.4. The van der Waals surface area contributed by atoms with E-state index in [1.807, 2.05) is 38.1 Å². The van der Waals surface area contributed by atoms with Crippen LogP contribution < -0.4 is 10.1 Å². The molecule has 1 heterocycles. The number of tetrazole rings is 1. The smallest absolute Gasteiger partial charge is 0.251 e. The van der Waals surface area contributed by atoms with Crippen LogP contribution in [-0.2, 0) is 0 Å². The molecule has 25 heavy (non-hydrogen) atoms. The molecule has 0 spiro atoms. The van der Waals surface area contributed by atoms with Crippen LogP contribution in [0.5, 0.6) is 5.75 Å². The molecule has 0 saturated heterocycles. The zero-order valence-corrected chi connectivity index (χ0v) is 14.1. The molecule has 1 unspecified atom stereocenters. The van der Waals surface area contributed by atoms with E-state index >= 15 is 0 Å². The molecule has 0 saturated carbocycles. The summed E-state index contributed by atoms with van der Waals surface area (Å²) < 4.78 is 6.96. The first kappa shape index (κ1) is 16.6. The van der Waals surface area contributed by atoms with Crippen molar-refractivity contribution in [2.75, 3.05) is 6.61 Å². The fourth-order valence-electron chi connectivity index (χ4n) is 2.43. The van der Waals surface area contributed by atoms with Gasteiger partial charge in [0.25, 0.3) is 5.91 Å². The molecule has 0 fully saturated rings. The monoisotopic (exact) mass is 337 g/mol. The molecule has 3 rings (SSSR count). The molecule has 1 amide bonds. The summed E-state index contributed by atoms with van der Waals surface area (Å²) in [7, 11) is 0. The molecule has 7 heteroatoms. The molecule has 1 N–H and O–H groups in total. The maximum absolute atomic E-state index is 12.4. The number of carbonyl (C=O) groups excluding carboxylic acids is 1. The molecule has 0 aliphatic rings. The van der Waals surface area contributed by atoms with E-state index in [2.05, 4.69) is 20.8 Å². The van der Waals surface area contributed by atoms with Gasteiger partial charge < -0.3 is 10.1 Å². The second-order valence-electron chi connectivity index (χ2n) is 5.50. The average Bonchev–Trinajstić information content (AvgIpc) is 3.17. The molecule has 1 atom stereocenters. The van der Waals surface area contributed by atoms with Crippen molar-refractivity contribution in [1.82, 2.24) is 25.5 Å². The summed E-state index contributed by atoms with van der Waals surface area (Å²) in [4.78, 5) is 12.4. The Labute approximate surface area is 145 Å². The van der Waals surface area contributed by atoms with Crippen LogP contribution in [0.1, 0.15) is 35.8 Å². The largest absolute Gasteiger partial charge is 0.494 e. The molecule has 1 aromatic heterocycles. The number of nitrogens with zero attached hydrogens (tertiary/aromatic N) is 4. The lowest BCUT2D eigenvalue weighted by atomic mass is 10.1. The Balaban J connectivity index is 1.64. The lowest BCUT2D eigenvalue weighted by Crippen LogP contribution is -2.26. The third-order valence-electron chi connectivity index (χ3n) is 3.78. The van der Waals surface area contributed by atoms with Gasteiger partial charge in [-0.25, -0.2) is 4.68 Å². The Morgan fingerprint density at radius 1 is 1.16 bits per heavy atom. The predicted molar refractivity (Wildman–Crippen MR) is 92.6 cm³/mol. The molecular formula is C18H19N5O2. The number of aromatic nitrogens is 4. The standard InChI is InChI=1S/C18H19N5O2/c1-3-25-17-10-6-14(7-11-17)13(2)20-18(24)15-4-8-16(9-5-15)23-12-19-21-22-23/h4-13H,3H2,1-2H3,(H,20,24). The van der Waals surface area contributed by atoms with Crippen molar-refractivity contribution >= 4 is 5.91 Å². The summed E-state index contributed by atoms with van der Waals surface area (Å²) in [5.41, 5.74) is 2.39. The summed E-state index contributed by atoms with van der Waals surface area (Å²) in [6, 6.07) is 14.7. The SMILES string of the molecule is CCOc1ccc(C(C)NC(=O)c2ccc(-n3cnnn3)cc2)cc1. The minimum atomic E-state index is -0.135. The van der Waals surface area contributed by atoms with Gasteiger partial charge >= 0.3 is 0 Å². The molecule has 3 aromatic rings. The van der Waals surface area contributed by atoms with Gasteiger partial charge in [-0.15, -0.1) is 5.10 Å². The number of benzene rings is 2. The van der Waals surface area contributed by atoms with Crippen molar-refractivity contribution in [2.24, 2.45) is 0 Å². The number of ether oxygens (including phenoxy) is 1. The van der Waals surface area contributed by atoms with Gasteiger partial charge in [-0.1, -0.05) is 12.1 Å². The Hall–Kier alpha value is -3.22. The first-order chi connectivity index (χ1) is 12.2. The van der Waals surface area contributed by atoms with Gasteiger partial charge in [-0.2, -0.15) is 0 Å². The highest BCUT2D eigenvalue weighted by atomic mass is 16.5. The highest BCUT2D eigenvalue weighted by molar-refractivity contribution is 5.94. The van der Waals surface area contributed by atoms with Gasteiger partial charge in [-0.3, -0.25) is 4.79 Å². The molecule has 0 aliphatic carbocycles. The average molecular weight is 337 g/mol. The van der Waals surface area contributed by atoms with Crippen molar-refractivity contribution in [2.45, 2.75) is 19.9 Å². The third-order valence-corrected chi connectivity index (χ3v) is 3.78. The van der Waals surface area contributed by atoms with E-state index in [4.69, 9.17) is 4.74 Å². The van der Waals surface area contributed by atoms with E-state index in [0.29, 0.717) is 12.2 Å². The number of carbonyl (C=O) groups is 1. The minimum absolute atomic E-state index is 0.109. The van der Waals surface area contributed by atoms with Crippen molar-refractivity contribution in [3.8, 4) is 11.4 Å². The van der Waals surface area contributed by atoms with Gasteiger partial charge in [-0.05, 0) is 66.2 Å². The van der Waals surface area contributed by atoms with Gasteiger partial charge in [0.15, 0.2) is 0 Å².